The highest BCUT2D eigenvalue weighted by Gasteiger charge is 2.30. The van der Waals surface area contributed by atoms with Gasteiger partial charge >= 0.3 is 0 Å². The summed E-state index contributed by atoms with van der Waals surface area (Å²) in [6, 6.07) is 16.3. The van der Waals surface area contributed by atoms with E-state index in [0.29, 0.717) is 6.54 Å². The average Bonchev–Trinajstić information content (AvgIpc) is 3.06. The Morgan fingerprint density at radius 3 is 2.74 bits per heavy atom. The monoisotopic (exact) mass is 309 g/mol. The predicted octanol–water partition coefficient (Wildman–Crippen LogP) is 2.88. The predicted molar refractivity (Wildman–Crippen MR) is 90.7 cm³/mol. The summed E-state index contributed by atoms with van der Waals surface area (Å²) in [6.45, 7) is 2.06. The third kappa shape index (κ3) is 3.96. The minimum atomic E-state index is 0.133. The van der Waals surface area contributed by atoms with Crippen LogP contribution in [0.15, 0.2) is 54.7 Å². The number of carbonyl (C=O) groups excluding carboxylic acids is 1. The number of likely N-dealkylation sites (tertiary alicyclic amines) is 1. The molecule has 0 aliphatic carbocycles. The van der Waals surface area contributed by atoms with Gasteiger partial charge in [0.1, 0.15) is 0 Å². The topological polar surface area (TPSA) is 36.4 Å². The van der Waals surface area contributed by atoms with Crippen molar-refractivity contribution in [2.45, 2.75) is 25.4 Å². The van der Waals surface area contributed by atoms with Crippen molar-refractivity contribution in [1.29, 1.82) is 0 Å². The van der Waals surface area contributed by atoms with Gasteiger partial charge in [0.05, 0.1) is 18.3 Å². The standard InChI is InChI=1S/C19H23N3O/c1-21(14-16-8-3-2-4-9-16)15-19(23)22-13-7-11-18(22)17-10-5-6-12-20-17/h2-6,8-10,12,18H,7,11,13-15H2,1H3/t18-/m0/s1. The van der Waals surface area contributed by atoms with E-state index in [9.17, 15) is 4.79 Å². The number of amides is 1. The SMILES string of the molecule is CN(CC(=O)N1CCC[C@H]1c1ccccn1)Cc1ccccc1. The molecule has 4 nitrogen and oxygen atoms in total. The van der Waals surface area contributed by atoms with Crippen LogP contribution in [-0.4, -0.2) is 40.8 Å². The summed E-state index contributed by atoms with van der Waals surface area (Å²) in [5, 5.41) is 0. The Bertz CT molecular complexity index is 630. The van der Waals surface area contributed by atoms with Crippen molar-refractivity contribution in [1.82, 2.24) is 14.8 Å². The van der Waals surface area contributed by atoms with Crippen molar-refractivity contribution in [2.75, 3.05) is 20.1 Å². The van der Waals surface area contributed by atoms with Gasteiger partial charge in [-0.2, -0.15) is 0 Å². The lowest BCUT2D eigenvalue weighted by Crippen LogP contribution is -2.38. The van der Waals surface area contributed by atoms with Gasteiger partial charge in [0.25, 0.3) is 0 Å². The molecule has 2 heterocycles. The fourth-order valence-electron chi connectivity index (χ4n) is 3.22. The maximum atomic E-state index is 12.7. The van der Waals surface area contributed by atoms with Crippen LogP contribution < -0.4 is 0 Å². The van der Waals surface area contributed by atoms with Gasteiger partial charge in [0.15, 0.2) is 0 Å². The normalized spacial score (nSPS) is 17.7. The summed E-state index contributed by atoms with van der Waals surface area (Å²) in [5.74, 6) is 0.191. The fourth-order valence-corrected chi connectivity index (χ4v) is 3.22. The molecule has 120 valence electrons. The zero-order chi connectivity index (χ0) is 16.1. The van der Waals surface area contributed by atoms with Crippen molar-refractivity contribution in [2.24, 2.45) is 0 Å². The van der Waals surface area contributed by atoms with E-state index in [4.69, 9.17) is 0 Å². The van der Waals surface area contributed by atoms with Crippen LogP contribution in [0, 0.1) is 0 Å². The van der Waals surface area contributed by atoms with Crippen LogP contribution in [0.25, 0.3) is 0 Å². The van der Waals surface area contributed by atoms with Gasteiger partial charge in [-0.3, -0.25) is 14.7 Å². The summed E-state index contributed by atoms with van der Waals surface area (Å²) in [7, 11) is 2.00. The number of rotatable bonds is 5. The van der Waals surface area contributed by atoms with E-state index in [1.807, 2.05) is 48.3 Å². The molecule has 1 aliphatic heterocycles. The van der Waals surface area contributed by atoms with E-state index in [2.05, 4.69) is 22.0 Å². The van der Waals surface area contributed by atoms with Crippen LogP contribution in [-0.2, 0) is 11.3 Å². The Kier molecular flexibility index (Phi) is 5.03. The van der Waals surface area contributed by atoms with E-state index in [1.54, 1.807) is 6.20 Å². The molecule has 1 aromatic carbocycles. The summed E-state index contributed by atoms with van der Waals surface area (Å²) in [6.07, 6.45) is 3.86. The summed E-state index contributed by atoms with van der Waals surface area (Å²) < 4.78 is 0. The molecule has 0 N–H and O–H groups in total. The quantitative estimate of drug-likeness (QED) is 0.852. The largest absolute Gasteiger partial charge is 0.333 e. The first-order valence-electron chi connectivity index (χ1n) is 8.17. The number of aromatic nitrogens is 1. The highest BCUT2D eigenvalue weighted by atomic mass is 16.2. The van der Waals surface area contributed by atoms with Crippen molar-refractivity contribution in [3.8, 4) is 0 Å². The molecule has 0 spiro atoms. The van der Waals surface area contributed by atoms with Crippen LogP contribution in [0.4, 0.5) is 0 Å². The van der Waals surface area contributed by atoms with Gasteiger partial charge in [-0.25, -0.2) is 0 Å². The highest BCUT2D eigenvalue weighted by Crippen LogP contribution is 2.30. The highest BCUT2D eigenvalue weighted by molar-refractivity contribution is 5.79. The van der Waals surface area contributed by atoms with E-state index < -0.39 is 0 Å². The fraction of sp³-hybridized carbons (Fsp3) is 0.368. The van der Waals surface area contributed by atoms with Gasteiger partial charge in [-0.05, 0) is 37.6 Å². The molecule has 0 saturated carbocycles. The van der Waals surface area contributed by atoms with Crippen molar-refractivity contribution < 1.29 is 4.79 Å². The maximum absolute atomic E-state index is 12.7. The third-order valence-electron chi connectivity index (χ3n) is 4.30. The smallest absolute Gasteiger partial charge is 0.237 e. The Labute approximate surface area is 137 Å². The minimum Gasteiger partial charge on any atom is -0.333 e. The summed E-state index contributed by atoms with van der Waals surface area (Å²) in [4.78, 5) is 21.2. The summed E-state index contributed by atoms with van der Waals surface area (Å²) in [5.41, 5.74) is 2.23. The lowest BCUT2D eigenvalue weighted by Gasteiger charge is -2.26. The number of pyridine rings is 1. The molecule has 3 rings (SSSR count). The summed E-state index contributed by atoms with van der Waals surface area (Å²) >= 11 is 0. The Morgan fingerprint density at radius 2 is 2.00 bits per heavy atom. The molecule has 1 saturated heterocycles. The van der Waals surface area contributed by atoms with Crippen LogP contribution in [0.1, 0.15) is 30.1 Å². The zero-order valence-electron chi connectivity index (χ0n) is 13.6. The van der Waals surface area contributed by atoms with Crippen molar-refractivity contribution in [3.63, 3.8) is 0 Å². The van der Waals surface area contributed by atoms with Crippen LogP contribution in [0.5, 0.6) is 0 Å². The lowest BCUT2D eigenvalue weighted by molar-refractivity contribution is -0.133. The number of benzene rings is 1. The number of hydrogen-bond acceptors (Lipinski definition) is 3. The zero-order valence-corrected chi connectivity index (χ0v) is 13.6. The molecule has 23 heavy (non-hydrogen) atoms. The second-order valence-electron chi connectivity index (χ2n) is 6.16. The van der Waals surface area contributed by atoms with Crippen molar-refractivity contribution >= 4 is 5.91 Å². The third-order valence-corrected chi connectivity index (χ3v) is 4.30. The number of hydrogen-bond donors (Lipinski definition) is 0. The molecule has 0 bridgehead atoms. The molecular formula is C19H23N3O. The molecule has 0 radical (unpaired) electrons. The minimum absolute atomic E-state index is 0.133. The van der Waals surface area contributed by atoms with Gasteiger partial charge in [0, 0.05) is 19.3 Å². The number of nitrogens with zero attached hydrogens (tertiary/aromatic N) is 3. The molecule has 4 heteroatoms. The molecule has 1 aliphatic rings. The van der Waals surface area contributed by atoms with Crippen LogP contribution >= 0.6 is 0 Å². The van der Waals surface area contributed by atoms with Gasteiger partial charge in [-0.15, -0.1) is 0 Å². The lowest BCUT2D eigenvalue weighted by atomic mass is 10.1. The van der Waals surface area contributed by atoms with E-state index in [-0.39, 0.29) is 11.9 Å². The average molecular weight is 309 g/mol. The maximum Gasteiger partial charge on any atom is 0.237 e. The Hall–Kier alpha value is -2.20. The molecule has 1 amide bonds. The van der Waals surface area contributed by atoms with Crippen LogP contribution in [0.2, 0.25) is 0 Å². The van der Waals surface area contributed by atoms with E-state index in [1.165, 1.54) is 5.56 Å². The molecule has 1 aromatic heterocycles. The molecule has 1 atom stereocenters. The number of likely N-dealkylation sites (N-methyl/N-ethyl adjacent to an activating group) is 1. The van der Waals surface area contributed by atoms with Gasteiger partial charge in [0.2, 0.25) is 5.91 Å². The van der Waals surface area contributed by atoms with Crippen molar-refractivity contribution in [3.05, 3.63) is 66.0 Å². The van der Waals surface area contributed by atoms with Gasteiger partial charge < -0.3 is 4.90 Å². The van der Waals surface area contributed by atoms with Gasteiger partial charge in [-0.1, -0.05) is 36.4 Å². The molecule has 0 unspecified atom stereocenters. The molecular weight excluding hydrogens is 286 g/mol. The Balaban J connectivity index is 1.61. The second kappa shape index (κ2) is 7.38. The van der Waals surface area contributed by atoms with E-state index >= 15 is 0 Å². The first-order valence-corrected chi connectivity index (χ1v) is 8.17. The molecule has 1 fully saturated rings. The second-order valence-corrected chi connectivity index (χ2v) is 6.16. The molecule has 2 aromatic rings. The first kappa shape index (κ1) is 15.7. The first-order chi connectivity index (χ1) is 11.2. The Morgan fingerprint density at radius 1 is 1.22 bits per heavy atom. The van der Waals surface area contributed by atoms with Crippen LogP contribution in [0.3, 0.4) is 0 Å². The number of carbonyl (C=O) groups is 1. The van der Waals surface area contributed by atoms with E-state index in [0.717, 1.165) is 31.6 Å².